The Balaban J connectivity index is 1.76. The molecule has 4 aromatic carbocycles. The third-order valence-corrected chi connectivity index (χ3v) is 16.5. The van der Waals surface area contributed by atoms with E-state index in [1.807, 2.05) is 0 Å². The fourth-order valence-electron chi connectivity index (χ4n) is 5.88. The number of hydrogen-bond acceptors (Lipinski definition) is 0. The molecule has 164 valence electrons. The van der Waals surface area contributed by atoms with Gasteiger partial charge in [-0.2, -0.15) is 0 Å². The normalized spacial score (nSPS) is 16.5. The van der Waals surface area contributed by atoms with Crippen LogP contribution in [0.5, 0.6) is 0 Å². The summed E-state index contributed by atoms with van der Waals surface area (Å²) >= 11 is -2.59. The fourth-order valence-corrected chi connectivity index (χ4v) is 15.8. The molecule has 0 amide bonds. The van der Waals surface area contributed by atoms with Gasteiger partial charge in [0.1, 0.15) is 0 Å². The molecular formula is C33H28Zr. The van der Waals surface area contributed by atoms with Gasteiger partial charge in [0.25, 0.3) is 0 Å². The molecule has 2 aliphatic carbocycles. The second kappa shape index (κ2) is 9.05. The molecule has 0 aliphatic heterocycles. The van der Waals surface area contributed by atoms with Gasteiger partial charge < -0.3 is 0 Å². The standard InChI is InChI=1S/C13H9.C13H10.C7H9.Zr/c1-3-7-12-10(5-1)9-11-6-2-4-8-13(11)12;1-3-7-12(8-4-1)11-13-9-5-2-6-10-13;1-6-3-4-7(2)5-6;/h1-9H;1-10H;3-4,6H,1-2H3;. The van der Waals surface area contributed by atoms with Gasteiger partial charge >= 0.3 is 211 Å². The van der Waals surface area contributed by atoms with Crippen molar-refractivity contribution in [3.8, 4) is 11.1 Å². The minimum atomic E-state index is -2.59. The molecule has 0 saturated heterocycles. The molecule has 0 heterocycles. The summed E-state index contributed by atoms with van der Waals surface area (Å²) in [5.74, 6) is 0.497. The van der Waals surface area contributed by atoms with Crippen molar-refractivity contribution < 1.29 is 21.3 Å². The van der Waals surface area contributed by atoms with Crippen LogP contribution in [0.4, 0.5) is 0 Å². The van der Waals surface area contributed by atoms with E-state index < -0.39 is 21.3 Å². The maximum absolute atomic E-state index is 2.59. The molecular weight excluding hydrogens is 488 g/mol. The SMILES string of the molecule is CC1=[C]([Zr](=[C](c2ccccc2)c2ccccc2)[CH]2c3ccccc3-c3ccccc32)C(C)C=C1. The Morgan fingerprint density at radius 1 is 0.618 bits per heavy atom. The van der Waals surface area contributed by atoms with Crippen LogP contribution < -0.4 is 0 Å². The van der Waals surface area contributed by atoms with Gasteiger partial charge in [-0.05, 0) is 0 Å². The Morgan fingerprint density at radius 3 is 1.56 bits per heavy atom. The van der Waals surface area contributed by atoms with Crippen molar-refractivity contribution >= 4 is 3.21 Å². The second-order valence-electron chi connectivity index (χ2n) is 9.37. The van der Waals surface area contributed by atoms with E-state index in [0.29, 0.717) is 9.54 Å². The van der Waals surface area contributed by atoms with Crippen LogP contribution in [-0.4, -0.2) is 3.21 Å². The Morgan fingerprint density at radius 2 is 1.09 bits per heavy atom. The van der Waals surface area contributed by atoms with E-state index in [2.05, 4.69) is 135 Å². The monoisotopic (exact) mass is 514 g/mol. The Bertz CT molecular complexity index is 1370. The van der Waals surface area contributed by atoms with E-state index in [4.69, 9.17) is 0 Å². The summed E-state index contributed by atoms with van der Waals surface area (Å²) < 4.78 is 3.82. The molecule has 0 nitrogen and oxygen atoms in total. The van der Waals surface area contributed by atoms with E-state index in [1.165, 1.54) is 39.0 Å². The van der Waals surface area contributed by atoms with Crippen molar-refractivity contribution in [2.75, 3.05) is 0 Å². The van der Waals surface area contributed by atoms with Crippen molar-refractivity contribution in [1.82, 2.24) is 0 Å². The van der Waals surface area contributed by atoms with Gasteiger partial charge in [0, 0.05) is 0 Å². The summed E-state index contributed by atoms with van der Waals surface area (Å²) in [5.41, 5.74) is 10.2. The summed E-state index contributed by atoms with van der Waals surface area (Å²) in [5, 5.41) is 0. The third-order valence-electron chi connectivity index (χ3n) is 7.32. The first kappa shape index (κ1) is 21.6. The predicted molar refractivity (Wildman–Crippen MR) is 141 cm³/mol. The summed E-state index contributed by atoms with van der Waals surface area (Å²) in [6, 6.07) is 40.7. The number of fused-ring (bicyclic) bond motifs is 3. The minimum absolute atomic E-state index is 0.470. The molecule has 0 radical (unpaired) electrons. The first-order valence-electron chi connectivity index (χ1n) is 12.2. The molecule has 4 aromatic rings. The van der Waals surface area contributed by atoms with Crippen LogP contribution >= 0.6 is 0 Å². The number of benzene rings is 4. The molecule has 0 bridgehead atoms. The second-order valence-corrected chi connectivity index (χ2v) is 15.4. The summed E-state index contributed by atoms with van der Waals surface area (Å²) in [6.45, 7) is 4.75. The molecule has 0 aromatic heterocycles. The zero-order valence-corrected chi connectivity index (χ0v) is 22.2. The van der Waals surface area contributed by atoms with E-state index in [9.17, 15) is 0 Å². The van der Waals surface area contributed by atoms with Crippen molar-refractivity contribution in [1.29, 1.82) is 0 Å². The van der Waals surface area contributed by atoms with Crippen LogP contribution in [0.2, 0.25) is 0 Å². The van der Waals surface area contributed by atoms with Crippen molar-refractivity contribution in [3.63, 3.8) is 0 Å². The van der Waals surface area contributed by atoms with Gasteiger partial charge in [-0.25, -0.2) is 0 Å². The topological polar surface area (TPSA) is 0 Å². The molecule has 6 rings (SSSR count). The molecule has 0 fully saturated rings. The van der Waals surface area contributed by atoms with Crippen LogP contribution in [0.15, 0.2) is 130 Å². The van der Waals surface area contributed by atoms with Gasteiger partial charge in [0.15, 0.2) is 0 Å². The van der Waals surface area contributed by atoms with Gasteiger partial charge in [0.05, 0.1) is 0 Å². The predicted octanol–water partition coefficient (Wildman–Crippen LogP) is 8.12. The number of allylic oxidation sites excluding steroid dienone is 4. The van der Waals surface area contributed by atoms with Crippen LogP contribution in [0.3, 0.4) is 0 Å². The molecule has 1 atom stereocenters. The Labute approximate surface area is 210 Å². The van der Waals surface area contributed by atoms with Gasteiger partial charge in [0.2, 0.25) is 0 Å². The molecule has 34 heavy (non-hydrogen) atoms. The molecule has 2 aliphatic rings. The Hall–Kier alpha value is -2.89. The average Bonchev–Trinajstić information content (AvgIpc) is 3.40. The average molecular weight is 516 g/mol. The fraction of sp³-hybridized carbons (Fsp3) is 0.121. The van der Waals surface area contributed by atoms with Crippen LogP contribution in [0.25, 0.3) is 11.1 Å². The quantitative estimate of drug-likeness (QED) is 0.257. The van der Waals surface area contributed by atoms with E-state index >= 15 is 0 Å². The summed E-state index contributed by atoms with van der Waals surface area (Å²) in [4.78, 5) is 0. The van der Waals surface area contributed by atoms with Crippen molar-refractivity contribution in [2.24, 2.45) is 5.92 Å². The van der Waals surface area contributed by atoms with Crippen LogP contribution in [-0.2, 0) is 21.3 Å². The summed E-state index contributed by atoms with van der Waals surface area (Å²) in [6.07, 6.45) is 4.80. The zero-order valence-electron chi connectivity index (χ0n) is 19.7. The molecule has 0 N–H and O–H groups in total. The first-order chi connectivity index (χ1) is 16.7. The van der Waals surface area contributed by atoms with Gasteiger partial charge in [-0.1, -0.05) is 0 Å². The Kier molecular flexibility index (Phi) is 5.76. The zero-order chi connectivity index (χ0) is 23.1. The van der Waals surface area contributed by atoms with Gasteiger partial charge in [-0.15, -0.1) is 0 Å². The van der Waals surface area contributed by atoms with E-state index in [1.54, 1.807) is 6.49 Å². The number of hydrogen-bond donors (Lipinski definition) is 0. The molecule has 0 spiro atoms. The third kappa shape index (κ3) is 3.59. The van der Waals surface area contributed by atoms with Crippen molar-refractivity contribution in [2.45, 2.75) is 17.5 Å². The van der Waals surface area contributed by atoms with Crippen LogP contribution in [0.1, 0.15) is 39.7 Å². The van der Waals surface area contributed by atoms with E-state index in [0.717, 1.165) is 0 Å². The molecule has 0 saturated carbocycles. The van der Waals surface area contributed by atoms with Crippen molar-refractivity contribution in [3.05, 3.63) is 152 Å². The summed E-state index contributed by atoms with van der Waals surface area (Å²) in [7, 11) is 0. The first-order valence-corrected chi connectivity index (χ1v) is 16.0. The maximum atomic E-state index is 2.42. The molecule has 1 unspecified atom stereocenters. The van der Waals surface area contributed by atoms with E-state index in [-0.39, 0.29) is 0 Å². The molecule has 1 heteroatoms. The van der Waals surface area contributed by atoms with Gasteiger partial charge in [-0.3, -0.25) is 0 Å². The number of rotatable bonds is 4. The van der Waals surface area contributed by atoms with Crippen LogP contribution in [0, 0.1) is 5.92 Å².